The van der Waals surface area contributed by atoms with Crippen LogP contribution in [-0.4, -0.2) is 14.6 Å². The Hall–Kier alpha value is -1.40. The molecule has 0 saturated heterocycles. The molecule has 7 heteroatoms. The van der Waals surface area contributed by atoms with Gasteiger partial charge in [0.2, 0.25) is 4.96 Å². The van der Waals surface area contributed by atoms with Crippen molar-refractivity contribution in [1.82, 2.24) is 14.6 Å². The highest BCUT2D eigenvalue weighted by Crippen LogP contribution is 2.31. The summed E-state index contributed by atoms with van der Waals surface area (Å²) >= 11 is 17.1. The fourth-order valence-electron chi connectivity index (χ4n) is 2.40. The quantitative estimate of drug-likeness (QED) is 0.385. The van der Waals surface area contributed by atoms with E-state index in [1.54, 1.807) is 11.3 Å². The minimum atomic E-state index is 0.708. The standard InChI is InChI=1S/C17H10BrCl2N3S/c18-16-15(11-3-7-13(20)8-4-11)21-17-23(16)22-14(24-17)9-10-1-5-12(19)6-2-10/h1-8H,9H2. The monoisotopic (exact) mass is 437 g/mol. The second kappa shape index (κ2) is 6.48. The first-order valence-corrected chi connectivity index (χ1v) is 9.51. The average Bonchev–Trinajstić information content (AvgIpc) is 3.10. The second-order valence-corrected chi connectivity index (χ2v) is 7.92. The zero-order chi connectivity index (χ0) is 16.7. The maximum atomic E-state index is 5.95. The molecule has 0 N–H and O–H groups in total. The van der Waals surface area contributed by atoms with Crippen molar-refractivity contribution in [2.24, 2.45) is 0 Å². The van der Waals surface area contributed by atoms with Crippen molar-refractivity contribution in [1.29, 1.82) is 0 Å². The zero-order valence-electron chi connectivity index (χ0n) is 12.2. The number of aromatic nitrogens is 3. The van der Waals surface area contributed by atoms with Gasteiger partial charge in [0.25, 0.3) is 0 Å². The normalized spacial score (nSPS) is 11.3. The smallest absolute Gasteiger partial charge is 0.213 e. The van der Waals surface area contributed by atoms with Gasteiger partial charge >= 0.3 is 0 Å². The first-order valence-electron chi connectivity index (χ1n) is 7.14. The Morgan fingerprint density at radius 3 is 2.21 bits per heavy atom. The number of hydrogen-bond acceptors (Lipinski definition) is 3. The predicted molar refractivity (Wildman–Crippen MR) is 103 cm³/mol. The van der Waals surface area contributed by atoms with E-state index in [1.165, 1.54) is 5.56 Å². The Balaban J connectivity index is 1.67. The maximum Gasteiger partial charge on any atom is 0.213 e. The van der Waals surface area contributed by atoms with E-state index in [-0.39, 0.29) is 0 Å². The van der Waals surface area contributed by atoms with Crippen molar-refractivity contribution in [3.8, 4) is 11.3 Å². The third-order valence-corrected chi connectivity index (χ3v) is 5.70. The molecule has 0 amide bonds. The predicted octanol–water partition coefficient (Wildman–Crippen LogP) is 6.12. The van der Waals surface area contributed by atoms with E-state index >= 15 is 0 Å². The summed E-state index contributed by atoms with van der Waals surface area (Å²) in [6.45, 7) is 0. The molecule has 0 spiro atoms. The van der Waals surface area contributed by atoms with Crippen molar-refractivity contribution in [2.45, 2.75) is 6.42 Å². The van der Waals surface area contributed by atoms with Gasteiger partial charge in [0, 0.05) is 22.0 Å². The van der Waals surface area contributed by atoms with Crippen LogP contribution in [0.15, 0.2) is 53.1 Å². The zero-order valence-corrected chi connectivity index (χ0v) is 16.1. The molecule has 2 heterocycles. The third kappa shape index (κ3) is 3.09. The highest BCUT2D eigenvalue weighted by Gasteiger charge is 2.16. The molecular weight excluding hydrogens is 429 g/mol. The maximum absolute atomic E-state index is 5.95. The van der Waals surface area contributed by atoms with E-state index in [2.05, 4.69) is 21.0 Å². The number of benzene rings is 2. The summed E-state index contributed by atoms with van der Waals surface area (Å²) in [6, 6.07) is 15.4. The molecular formula is C17H10BrCl2N3S. The van der Waals surface area contributed by atoms with Crippen LogP contribution in [0.25, 0.3) is 16.2 Å². The van der Waals surface area contributed by atoms with E-state index in [4.69, 9.17) is 28.2 Å². The summed E-state index contributed by atoms with van der Waals surface area (Å²) in [5.41, 5.74) is 3.04. The minimum absolute atomic E-state index is 0.708. The SMILES string of the molecule is Clc1ccc(Cc2nn3c(Br)c(-c4ccc(Cl)cc4)nc3s2)cc1. The highest BCUT2D eigenvalue weighted by molar-refractivity contribution is 9.10. The number of fused-ring (bicyclic) bond motifs is 1. The van der Waals surface area contributed by atoms with Crippen LogP contribution in [0.5, 0.6) is 0 Å². The van der Waals surface area contributed by atoms with Crippen molar-refractivity contribution in [2.75, 3.05) is 0 Å². The molecule has 0 unspecified atom stereocenters. The lowest BCUT2D eigenvalue weighted by molar-refractivity contribution is 0.904. The first-order chi connectivity index (χ1) is 11.6. The van der Waals surface area contributed by atoms with E-state index < -0.39 is 0 Å². The van der Waals surface area contributed by atoms with Crippen LogP contribution >= 0.6 is 50.5 Å². The lowest BCUT2D eigenvalue weighted by Crippen LogP contribution is -1.91. The molecule has 0 bridgehead atoms. The van der Waals surface area contributed by atoms with Crippen LogP contribution in [0.4, 0.5) is 0 Å². The summed E-state index contributed by atoms with van der Waals surface area (Å²) in [5.74, 6) is 0. The second-order valence-electron chi connectivity index (χ2n) is 5.25. The van der Waals surface area contributed by atoms with Crippen LogP contribution in [0.2, 0.25) is 10.0 Å². The Morgan fingerprint density at radius 1 is 0.958 bits per heavy atom. The van der Waals surface area contributed by atoms with Gasteiger partial charge in [-0.3, -0.25) is 0 Å². The summed E-state index contributed by atoms with van der Waals surface area (Å²) in [4.78, 5) is 5.55. The molecule has 0 fully saturated rings. The van der Waals surface area contributed by atoms with Gasteiger partial charge in [0.15, 0.2) is 0 Å². The summed E-state index contributed by atoms with van der Waals surface area (Å²) < 4.78 is 2.68. The average molecular weight is 439 g/mol. The lowest BCUT2D eigenvalue weighted by atomic mass is 10.2. The highest BCUT2D eigenvalue weighted by atomic mass is 79.9. The first kappa shape index (κ1) is 16.1. The van der Waals surface area contributed by atoms with E-state index in [0.717, 1.165) is 37.3 Å². The molecule has 0 saturated carbocycles. The Kier molecular flexibility index (Phi) is 4.35. The van der Waals surface area contributed by atoms with Crippen molar-refractivity contribution >= 4 is 55.4 Å². The summed E-state index contributed by atoms with van der Waals surface area (Å²) in [6.07, 6.45) is 0.758. The van der Waals surface area contributed by atoms with E-state index in [0.29, 0.717) is 5.02 Å². The summed E-state index contributed by atoms with van der Waals surface area (Å²) in [7, 11) is 0. The topological polar surface area (TPSA) is 30.2 Å². The molecule has 4 rings (SSSR count). The third-order valence-electron chi connectivity index (χ3n) is 3.58. The van der Waals surface area contributed by atoms with Gasteiger partial charge in [-0.1, -0.05) is 58.8 Å². The van der Waals surface area contributed by atoms with Gasteiger partial charge in [-0.2, -0.15) is 9.61 Å². The molecule has 2 aromatic carbocycles. The molecule has 0 atom stereocenters. The molecule has 3 nitrogen and oxygen atoms in total. The number of nitrogens with zero attached hydrogens (tertiary/aromatic N) is 3. The van der Waals surface area contributed by atoms with Gasteiger partial charge in [-0.15, -0.1) is 0 Å². The Morgan fingerprint density at radius 2 is 1.58 bits per heavy atom. The van der Waals surface area contributed by atoms with Crippen molar-refractivity contribution in [3.05, 3.63) is 73.8 Å². The molecule has 0 aliphatic heterocycles. The Bertz CT molecular complexity index is 1010. The molecule has 2 aromatic heterocycles. The van der Waals surface area contributed by atoms with Crippen molar-refractivity contribution in [3.63, 3.8) is 0 Å². The minimum Gasteiger partial charge on any atom is -0.216 e. The van der Waals surface area contributed by atoms with Gasteiger partial charge in [0.1, 0.15) is 15.3 Å². The van der Waals surface area contributed by atoms with Crippen LogP contribution in [-0.2, 0) is 6.42 Å². The van der Waals surface area contributed by atoms with Crippen LogP contribution in [0, 0.1) is 0 Å². The van der Waals surface area contributed by atoms with Gasteiger partial charge in [-0.05, 0) is 45.8 Å². The number of rotatable bonds is 3. The van der Waals surface area contributed by atoms with Gasteiger partial charge in [0.05, 0.1) is 0 Å². The molecule has 120 valence electrons. The fraction of sp³-hybridized carbons (Fsp3) is 0.0588. The lowest BCUT2D eigenvalue weighted by Gasteiger charge is -1.99. The number of halogens is 3. The van der Waals surface area contributed by atoms with Gasteiger partial charge < -0.3 is 0 Å². The molecule has 24 heavy (non-hydrogen) atoms. The largest absolute Gasteiger partial charge is 0.216 e. The fourth-order valence-corrected chi connectivity index (χ4v) is 4.26. The van der Waals surface area contributed by atoms with E-state index in [9.17, 15) is 0 Å². The molecule has 0 aliphatic carbocycles. The van der Waals surface area contributed by atoms with Crippen LogP contribution < -0.4 is 0 Å². The number of hydrogen-bond donors (Lipinski definition) is 0. The summed E-state index contributed by atoms with van der Waals surface area (Å²) in [5, 5.41) is 7.11. The van der Waals surface area contributed by atoms with Crippen LogP contribution in [0.1, 0.15) is 10.6 Å². The molecule has 0 aliphatic rings. The van der Waals surface area contributed by atoms with Crippen molar-refractivity contribution < 1.29 is 0 Å². The Labute approximate surface area is 161 Å². The van der Waals surface area contributed by atoms with Crippen LogP contribution in [0.3, 0.4) is 0 Å². The number of imidazole rings is 1. The molecule has 0 radical (unpaired) electrons. The van der Waals surface area contributed by atoms with E-state index in [1.807, 2.05) is 53.0 Å². The molecule has 4 aromatic rings. The van der Waals surface area contributed by atoms with Gasteiger partial charge in [-0.25, -0.2) is 4.98 Å².